The molecule has 1 saturated carbocycles. The number of para-hydroxylation sites is 2. The van der Waals surface area contributed by atoms with E-state index >= 15 is 0 Å². The topological polar surface area (TPSA) is 47.6 Å². The molecule has 1 aliphatic carbocycles. The number of rotatable bonds is 3. The van der Waals surface area contributed by atoms with Gasteiger partial charge >= 0.3 is 5.97 Å². The first kappa shape index (κ1) is 18.5. The molecule has 3 aromatic rings. The van der Waals surface area contributed by atoms with Gasteiger partial charge in [-0.05, 0) is 37.0 Å². The Labute approximate surface area is 182 Å². The number of esters is 1. The quantitative estimate of drug-likeness (QED) is 0.518. The number of anilines is 1. The Morgan fingerprint density at radius 1 is 0.806 bits per heavy atom. The van der Waals surface area contributed by atoms with Gasteiger partial charge in [0.2, 0.25) is 0 Å². The minimum Gasteiger partial charge on any atom is -0.456 e. The predicted molar refractivity (Wildman–Crippen MR) is 120 cm³/mol. The molecular weight excluding hydrogens is 386 g/mol. The van der Waals surface area contributed by atoms with Gasteiger partial charge in [-0.25, -0.2) is 4.79 Å². The SMILES string of the molecule is O=C1OC2(c3ccccc3Oc3ccccc32)c2cccc(NCC3CCCCC3)c21. The van der Waals surface area contributed by atoms with E-state index in [1.165, 1.54) is 32.1 Å². The number of carbonyl (C=O) groups is 1. The van der Waals surface area contributed by atoms with Crippen molar-refractivity contribution in [2.24, 2.45) is 5.92 Å². The Hall–Kier alpha value is -3.27. The summed E-state index contributed by atoms with van der Waals surface area (Å²) in [5.74, 6) is 1.83. The fourth-order valence-electron chi connectivity index (χ4n) is 5.46. The van der Waals surface area contributed by atoms with Crippen LogP contribution in [0.2, 0.25) is 0 Å². The fraction of sp³-hybridized carbons (Fsp3) is 0.296. The van der Waals surface area contributed by atoms with Crippen LogP contribution in [0.15, 0.2) is 66.7 Å². The molecule has 0 bridgehead atoms. The minimum atomic E-state index is -0.986. The lowest BCUT2D eigenvalue weighted by Crippen LogP contribution is -2.32. The lowest BCUT2D eigenvalue weighted by molar-refractivity contribution is 0.0225. The number of nitrogens with one attached hydrogen (secondary N) is 1. The molecule has 4 nitrogen and oxygen atoms in total. The van der Waals surface area contributed by atoms with Gasteiger partial charge in [-0.1, -0.05) is 67.8 Å². The van der Waals surface area contributed by atoms with Gasteiger partial charge in [-0.15, -0.1) is 0 Å². The highest BCUT2D eigenvalue weighted by atomic mass is 16.6. The molecule has 2 heterocycles. The highest BCUT2D eigenvalue weighted by Gasteiger charge is 2.54. The monoisotopic (exact) mass is 411 g/mol. The molecule has 0 amide bonds. The van der Waals surface area contributed by atoms with Gasteiger partial charge in [-0.3, -0.25) is 0 Å². The Morgan fingerprint density at radius 2 is 1.45 bits per heavy atom. The van der Waals surface area contributed by atoms with Crippen LogP contribution >= 0.6 is 0 Å². The standard InChI is InChI=1S/C27H25NO3/c29-26-25-21(13-8-14-22(25)28-17-18-9-2-1-3-10-18)27(31-26)19-11-4-6-15-23(19)30-24-16-7-5-12-20(24)27/h4-8,11-16,18,28H,1-3,9-10,17H2. The highest BCUT2D eigenvalue weighted by Crippen LogP contribution is 2.56. The van der Waals surface area contributed by atoms with Crippen molar-refractivity contribution >= 4 is 11.7 Å². The number of hydrogen-bond donors (Lipinski definition) is 1. The van der Waals surface area contributed by atoms with Crippen molar-refractivity contribution in [2.45, 2.75) is 37.7 Å². The molecule has 2 aliphatic heterocycles. The Bertz CT molecular complexity index is 1120. The molecule has 31 heavy (non-hydrogen) atoms. The number of benzene rings is 3. The van der Waals surface area contributed by atoms with E-state index < -0.39 is 5.60 Å². The molecule has 0 saturated heterocycles. The third-order valence-electron chi connectivity index (χ3n) is 6.95. The van der Waals surface area contributed by atoms with Crippen LogP contribution in [0.3, 0.4) is 0 Å². The molecule has 1 spiro atoms. The van der Waals surface area contributed by atoms with Gasteiger partial charge in [0.05, 0.1) is 5.56 Å². The second kappa shape index (κ2) is 7.16. The summed E-state index contributed by atoms with van der Waals surface area (Å²) in [5.41, 5.74) is 3.14. The summed E-state index contributed by atoms with van der Waals surface area (Å²) >= 11 is 0. The molecule has 1 N–H and O–H groups in total. The van der Waals surface area contributed by atoms with E-state index in [1.807, 2.05) is 66.7 Å². The Kier molecular flexibility index (Phi) is 4.27. The largest absolute Gasteiger partial charge is 0.456 e. The van der Waals surface area contributed by atoms with Crippen molar-refractivity contribution in [2.75, 3.05) is 11.9 Å². The van der Waals surface area contributed by atoms with E-state index in [0.29, 0.717) is 11.5 Å². The van der Waals surface area contributed by atoms with Gasteiger partial charge in [0.25, 0.3) is 0 Å². The van der Waals surface area contributed by atoms with Crippen LogP contribution in [0.25, 0.3) is 0 Å². The summed E-state index contributed by atoms with van der Waals surface area (Å²) in [6.07, 6.45) is 6.46. The van der Waals surface area contributed by atoms with E-state index in [-0.39, 0.29) is 5.97 Å². The zero-order chi connectivity index (χ0) is 20.8. The maximum Gasteiger partial charge on any atom is 0.342 e. The molecular formula is C27H25NO3. The molecule has 0 unspecified atom stereocenters. The smallest absolute Gasteiger partial charge is 0.342 e. The van der Waals surface area contributed by atoms with Crippen LogP contribution in [0.5, 0.6) is 11.5 Å². The van der Waals surface area contributed by atoms with Gasteiger partial charge in [0.1, 0.15) is 11.5 Å². The van der Waals surface area contributed by atoms with Gasteiger partial charge in [0.15, 0.2) is 5.60 Å². The van der Waals surface area contributed by atoms with Gasteiger partial charge < -0.3 is 14.8 Å². The van der Waals surface area contributed by atoms with Crippen LogP contribution in [0.1, 0.15) is 59.2 Å². The van der Waals surface area contributed by atoms with Crippen molar-refractivity contribution in [1.82, 2.24) is 0 Å². The van der Waals surface area contributed by atoms with Crippen LogP contribution < -0.4 is 10.1 Å². The summed E-state index contributed by atoms with van der Waals surface area (Å²) in [6, 6.07) is 21.7. The molecule has 156 valence electrons. The molecule has 6 rings (SSSR count). The lowest BCUT2D eigenvalue weighted by atomic mass is 9.77. The molecule has 3 aromatic carbocycles. The summed E-state index contributed by atoms with van der Waals surface area (Å²) in [7, 11) is 0. The molecule has 4 heteroatoms. The maximum absolute atomic E-state index is 13.3. The molecule has 0 radical (unpaired) electrons. The third kappa shape index (κ3) is 2.78. The predicted octanol–water partition coefficient (Wildman–Crippen LogP) is 6.25. The number of carbonyl (C=O) groups excluding carboxylic acids is 1. The number of fused-ring (bicyclic) bond motifs is 6. The lowest BCUT2D eigenvalue weighted by Gasteiger charge is -2.36. The average Bonchev–Trinajstić information content (AvgIpc) is 3.12. The van der Waals surface area contributed by atoms with Crippen LogP contribution in [-0.2, 0) is 10.3 Å². The van der Waals surface area contributed by atoms with Crippen molar-refractivity contribution in [3.63, 3.8) is 0 Å². The van der Waals surface area contributed by atoms with E-state index in [4.69, 9.17) is 9.47 Å². The van der Waals surface area contributed by atoms with Crippen LogP contribution in [0.4, 0.5) is 5.69 Å². The summed E-state index contributed by atoms with van der Waals surface area (Å²) in [5, 5.41) is 3.58. The van der Waals surface area contributed by atoms with Crippen molar-refractivity contribution in [3.8, 4) is 11.5 Å². The molecule has 1 fully saturated rings. The maximum atomic E-state index is 13.3. The summed E-state index contributed by atoms with van der Waals surface area (Å²) < 4.78 is 12.5. The zero-order valence-electron chi connectivity index (χ0n) is 17.4. The third-order valence-corrected chi connectivity index (χ3v) is 6.95. The van der Waals surface area contributed by atoms with Crippen LogP contribution in [-0.4, -0.2) is 12.5 Å². The normalized spacial score (nSPS) is 18.5. The van der Waals surface area contributed by atoms with Crippen molar-refractivity contribution in [1.29, 1.82) is 0 Å². The fourth-order valence-corrected chi connectivity index (χ4v) is 5.46. The average molecular weight is 412 g/mol. The first-order chi connectivity index (χ1) is 15.3. The van der Waals surface area contributed by atoms with Gasteiger partial charge in [0, 0.05) is 28.9 Å². The summed E-state index contributed by atoms with van der Waals surface area (Å²) in [4.78, 5) is 13.3. The minimum absolute atomic E-state index is 0.284. The van der Waals surface area contributed by atoms with Crippen LogP contribution in [0, 0.1) is 5.92 Å². The van der Waals surface area contributed by atoms with Gasteiger partial charge in [-0.2, -0.15) is 0 Å². The number of hydrogen-bond acceptors (Lipinski definition) is 4. The van der Waals surface area contributed by atoms with Crippen molar-refractivity contribution in [3.05, 3.63) is 89.0 Å². The molecule has 0 atom stereocenters. The summed E-state index contributed by atoms with van der Waals surface area (Å²) in [6.45, 7) is 0.896. The second-order valence-electron chi connectivity index (χ2n) is 8.78. The second-order valence-corrected chi connectivity index (χ2v) is 8.78. The zero-order valence-corrected chi connectivity index (χ0v) is 17.4. The highest BCUT2D eigenvalue weighted by molar-refractivity contribution is 6.02. The number of ether oxygens (including phenoxy) is 2. The van der Waals surface area contributed by atoms with Crippen molar-refractivity contribution < 1.29 is 14.3 Å². The Balaban J connectivity index is 1.48. The van der Waals surface area contributed by atoms with E-state index in [2.05, 4.69) is 5.32 Å². The van der Waals surface area contributed by atoms with E-state index in [9.17, 15) is 4.79 Å². The first-order valence-electron chi connectivity index (χ1n) is 11.2. The Morgan fingerprint density at radius 3 is 2.16 bits per heavy atom. The molecule has 3 aliphatic rings. The molecule has 0 aromatic heterocycles. The van der Waals surface area contributed by atoms with E-state index in [0.717, 1.165) is 40.4 Å². The van der Waals surface area contributed by atoms with E-state index in [1.54, 1.807) is 0 Å². The first-order valence-corrected chi connectivity index (χ1v) is 11.2.